The zero-order chi connectivity index (χ0) is 18.1. The Morgan fingerprint density at radius 2 is 2.15 bits per heavy atom. The molecule has 2 saturated heterocycles. The normalized spacial score (nSPS) is 24.5. The standard InChI is InChI=1S/C20H23N3O3/c1-14-7-16(8-15(2)22-14)19(24)23-9-17-10-25-12-20(17,11-23)13-26-18-5-3-4-6-21-18/h3-8,17H,9-13H2,1-2H3/t17-,20+/m1/s1. The van der Waals surface area contributed by atoms with Crippen LogP contribution < -0.4 is 4.74 Å². The average molecular weight is 353 g/mol. The van der Waals surface area contributed by atoms with E-state index < -0.39 is 0 Å². The lowest BCUT2D eigenvalue weighted by atomic mass is 9.82. The van der Waals surface area contributed by atoms with Crippen molar-refractivity contribution in [3.05, 3.63) is 53.5 Å². The van der Waals surface area contributed by atoms with Crippen LogP contribution in [-0.2, 0) is 4.74 Å². The number of hydrogen-bond donors (Lipinski definition) is 0. The van der Waals surface area contributed by atoms with Crippen molar-refractivity contribution in [3.63, 3.8) is 0 Å². The summed E-state index contributed by atoms with van der Waals surface area (Å²) in [6.07, 6.45) is 1.72. The maximum Gasteiger partial charge on any atom is 0.254 e. The largest absolute Gasteiger partial charge is 0.477 e. The minimum Gasteiger partial charge on any atom is -0.477 e. The molecule has 26 heavy (non-hydrogen) atoms. The van der Waals surface area contributed by atoms with Gasteiger partial charge in [0.15, 0.2) is 0 Å². The molecule has 0 aromatic carbocycles. The van der Waals surface area contributed by atoms with Gasteiger partial charge in [-0.1, -0.05) is 6.07 Å². The van der Waals surface area contributed by atoms with E-state index in [1.165, 1.54) is 0 Å². The minimum absolute atomic E-state index is 0.0604. The molecule has 0 spiro atoms. The van der Waals surface area contributed by atoms with Crippen molar-refractivity contribution in [3.8, 4) is 5.88 Å². The molecule has 0 bridgehead atoms. The molecule has 4 rings (SSSR count). The molecule has 0 saturated carbocycles. The van der Waals surface area contributed by atoms with Gasteiger partial charge >= 0.3 is 0 Å². The second kappa shape index (κ2) is 6.68. The van der Waals surface area contributed by atoms with Crippen LogP contribution in [0.3, 0.4) is 0 Å². The van der Waals surface area contributed by atoms with E-state index in [0.717, 1.165) is 11.4 Å². The smallest absolute Gasteiger partial charge is 0.254 e. The Morgan fingerprint density at radius 3 is 2.88 bits per heavy atom. The summed E-state index contributed by atoms with van der Waals surface area (Å²) in [5.41, 5.74) is 2.27. The fourth-order valence-corrected chi connectivity index (χ4v) is 3.98. The van der Waals surface area contributed by atoms with Gasteiger partial charge in [-0.3, -0.25) is 9.78 Å². The van der Waals surface area contributed by atoms with E-state index in [-0.39, 0.29) is 11.3 Å². The second-order valence-electron chi connectivity index (χ2n) is 7.36. The summed E-state index contributed by atoms with van der Waals surface area (Å²) < 4.78 is 11.7. The molecule has 0 aliphatic carbocycles. The fourth-order valence-electron chi connectivity index (χ4n) is 3.98. The molecule has 6 heteroatoms. The Morgan fingerprint density at radius 1 is 1.35 bits per heavy atom. The van der Waals surface area contributed by atoms with Crippen LogP contribution in [0.4, 0.5) is 0 Å². The molecule has 2 aromatic rings. The number of carbonyl (C=O) groups excluding carboxylic acids is 1. The van der Waals surface area contributed by atoms with Crippen LogP contribution in [-0.4, -0.2) is 53.7 Å². The first kappa shape index (κ1) is 17.0. The molecule has 6 nitrogen and oxygen atoms in total. The molecule has 1 amide bonds. The van der Waals surface area contributed by atoms with Crippen LogP contribution >= 0.6 is 0 Å². The first-order chi connectivity index (χ1) is 12.6. The number of rotatable bonds is 4. The lowest BCUT2D eigenvalue weighted by molar-refractivity contribution is 0.0655. The van der Waals surface area contributed by atoms with E-state index >= 15 is 0 Å². The molecule has 136 valence electrons. The number of carbonyl (C=O) groups is 1. The SMILES string of the molecule is Cc1cc(C(=O)N2C[C@@H]3COC[C@]3(COc3ccccn3)C2)cc(C)n1. The van der Waals surface area contributed by atoms with Gasteiger partial charge in [0.05, 0.1) is 25.2 Å². The fraction of sp³-hybridized carbons (Fsp3) is 0.450. The van der Waals surface area contributed by atoms with Gasteiger partial charge in [-0.05, 0) is 32.0 Å². The summed E-state index contributed by atoms with van der Waals surface area (Å²) >= 11 is 0. The van der Waals surface area contributed by atoms with Crippen molar-refractivity contribution in [2.75, 3.05) is 32.9 Å². The van der Waals surface area contributed by atoms with Crippen LogP contribution in [0.15, 0.2) is 36.5 Å². The van der Waals surface area contributed by atoms with Gasteiger partial charge in [0.2, 0.25) is 5.88 Å². The molecule has 0 radical (unpaired) electrons. The maximum absolute atomic E-state index is 13.0. The number of hydrogen-bond acceptors (Lipinski definition) is 5. The quantitative estimate of drug-likeness (QED) is 0.844. The molecule has 4 heterocycles. The first-order valence-electron chi connectivity index (χ1n) is 8.92. The zero-order valence-electron chi connectivity index (χ0n) is 15.1. The number of aromatic nitrogens is 2. The Labute approximate surface area is 153 Å². The number of pyridine rings is 2. The van der Waals surface area contributed by atoms with E-state index in [2.05, 4.69) is 9.97 Å². The molecular weight excluding hydrogens is 330 g/mol. The Bertz CT molecular complexity index is 791. The van der Waals surface area contributed by atoms with Crippen molar-refractivity contribution in [2.45, 2.75) is 13.8 Å². The van der Waals surface area contributed by atoms with Crippen LogP contribution in [0.5, 0.6) is 5.88 Å². The zero-order valence-corrected chi connectivity index (χ0v) is 15.1. The highest BCUT2D eigenvalue weighted by atomic mass is 16.5. The summed E-state index contributed by atoms with van der Waals surface area (Å²) in [7, 11) is 0. The molecule has 2 aliphatic rings. The van der Waals surface area contributed by atoms with Gasteiger partial charge in [-0.2, -0.15) is 0 Å². The highest BCUT2D eigenvalue weighted by molar-refractivity contribution is 5.94. The molecule has 2 aliphatic heterocycles. The second-order valence-corrected chi connectivity index (χ2v) is 7.36. The van der Waals surface area contributed by atoms with Gasteiger partial charge in [0.25, 0.3) is 5.91 Å². The number of fused-ring (bicyclic) bond motifs is 1. The van der Waals surface area contributed by atoms with E-state index in [1.807, 2.05) is 49.1 Å². The summed E-state index contributed by atoms with van der Waals surface area (Å²) in [5, 5.41) is 0. The monoisotopic (exact) mass is 353 g/mol. The van der Waals surface area contributed by atoms with Gasteiger partial charge < -0.3 is 14.4 Å². The Hall–Kier alpha value is -2.47. The van der Waals surface area contributed by atoms with Crippen LogP contribution in [0.1, 0.15) is 21.7 Å². The van der Waals surface area contributed by atoms with Crippen molar-refractivity contribution >= 4 is 5.91 Å². The molecule has 2 fully saturated rings. The van der Waals surface area contributed by atoms with Crippen LogP contribution in [0.2, 0.25) is 0 Å². The highest BCUT2D eigenvalue weighted by Crippen LogP contribution is 2.42. The highest BCUT2D eigenvalue weighted by Gasteiger charge is 2.52. The van der Waals surface area contributed by atoms with E-state index in [9.17, 15) is 4.79 Å². The molecule has 0 unspecified atom stereocenters. The number of likely N-dealkylation sites (tertiary alicyclic amines) is 1. The van der Waals surface area contributed by atoms with E-state index in [4.69, 9.17) is 9.47 Å². The summed E-state index contributed by atoms with van der Waals surface area (Å²) in [4.78, 5) is 23.5. The van der Waals surface area contributed by atoms with Crippen molar-refractivity contribution < 1.29 is 14.3 Å². The average Bonchev–Trinajstić information content (AvgIpc) is 3.17. The molecular formula is C20H23N3O3. The number of nitrogens with zero attached hydrogens (tertiary/aromatic N) is 3. The molecule has 0 N–H and O–H groups in total. The van der Waals surface area contributed by atoms with E-state index in [0.29, 0.717) is 50.3 Å². The third-order valence-electron chi connectivity index (χ3n) is 5.28. The third-order valence-corrected chi connectivity index (χ3v) is 5.28. The lowest BCUT2D eigenvalue weighted by Gasteiger charge is -2.26. The first-order valence-corrected chi connectivity index (χ1v) is 8.92. The van der Waals surface area contributed by atoms with Gasteiger partial charge in [-0.15, -0.1) is 0 Å². The van der Waals surface area contributed by atoms with Crippen LogP contribution in [0, 0.1) is 25.2 Å². The molecule has 2 aromatic heterocycles. The lowest BCUT2D eigenvalue weighted by Crippen LogP contribution is -2.38. The summed E-state index contributed by atoms with van der Waals surface area (Å²) in [5.74, 6) is 0.960. The predicted octanol–water partition coefficient (Wildman–Crippen LogP) is 2.26. The Balaban J connectivity index is 1.50. The third kappa shape index (κ3) is 3.17. The van der Waals surface area contributed by atoms with Crippen LogP contribution in [0.25, 0.3) is 0 Å². The number of amides is 1. The Kier molecular flexibility index (Phi) is 4.36. The van der Waals surface area contributed by atoms with E-state index in [1.54, 1.807) is 6.20 Å². The van der Waals surface area contributed by atoms with Crippen molar-refractivity contribution in [2.24, 2.45) is 11.3 Å². The molecule has 2 atom stereocenters. The maximum atomic E-state index is 13.0. The minimum atomic E-state index is -0.162. The topological polar surface area (TPSA) is 64.6 Å². The van der Waals surface area contributed by atoms with Gasteiger partial charge in [-0.25, -0.2) is 4.98 Å². The van der Waals surface area contributed by atoms with Crippen molar-refractivity contribution in [1.82, 2.24) is 14.9 Å². The summed E-state index contributed by atoms with van der Waals surface area (Å²) in [6.45, 7) is 6.96. The van der Waals surface area contributed by atoms with Gasteiger partial charge in [0, 0.05) is 48.2 Å². The van der Waals surface area contributed by atoms with Gasteiger partial charge in [0.1, 0.15) is 0 Å². The predicted molar refractivity (Wildman–Crippen MR) is 96.1 cm³/mol. The number of aryl methyl sites for hydroxylation is 2. The number of ether oxygens (including phenoxy) is 2. The van der Waals surface area contributed by atoms with Crippen molar-refractivity contribution in [1.29, 1.82) is 0 Å². The summed E-state index contributed by atoms with van der Waals surface area (Å²) in [6, 6.07) is 9.33.